The Morgan fingerprint density at radius 3 is 2.90 bits per heavy atom. The fourth-order valence-corrected chi connectivity index (χ4v) is 3.92. The van der Waals surface area contributed by atoms with Crippen LogP contribution in [0.2, 0.25) is 0 Å². The summed E-state index contributed by atoms with van der Waals surface area (Å²) in [5.41, 5.74) is 2.51. The quantitative estimate of drug-likeness (QED) is 0.898. The van der Waals surface area contributed by atoms with Gasteiger partial charge in [0.15, 0.2) is 0 Å². The number of aryl methyl sites for hydroxylation is 2. The smallest absolute Gasteiger partial charge is 0.131 e. The number of hydrogen-bond acceptors (Lipinski definition) is 4. The van der Waals surface area contributed by atoms with Gasteiger partial charge in [-0.15, -0.1) is 0 Å². The Morgan fingerprint density at radius 2 is 2.15 bits per heavy atom. The zero-order valence-corrected chi connectivity index (χ0v) is 13.2. The topological polar surface area (TPSA) is 36.3 Å². The first-order valence-corrected chi connectivity index (χ1v) is 7.79. The molecule has 0 amide bonds. The van der Waals surface area contributed by atoms with Crippen molar-refractivity contribution in [3.05, 3.63) is 11.3 Å². The molecule has 2 aliphatic rings. The van der Waals surface area contributed by atoms with E-state index in [0.717, 1.165) is 24.8 Å². The number of rotatable bonds is 3. The summed E-state index contributed by atoms with van der Waals surface area (Å²) in [4.78, 5) is 5.25. The lowest BCUT2D eigenvalue weighted by atomic mass is 10.1. The van der Waals surface area contributed by atoms with Crippen LogP contribution in [0, 0.1) is 6.92 Å². The average Bonchev–Trinajstić information content (AvgIpc) is 2.94. The maximum Gasteiger partial charge on any atom is 0.131 e. The highest BCUT2D eigenvalue weighted by molar-refractivity contribution is 5.51. The lowest BCUT2D eigenvalue weighted by Gasteiger charge is -2.43. The Labute approximate surface area is 121 Å². The third kappa shape index (κ3) is 2.23. The van der Waals surface area contributed by atoms with Gasteiger partial charge >= 0.3 is 0 Å². The minimum Gasteiger partial charge on any atom is -0.351 e. The second-order valence-electron chi connectivity index (χ2n) is 6.33. The van der Waals surface area contributed by atoms with Gasteiger partial charge in [0.25, 0.3) is 0 Å². The predicted molar refractivity (Wildman–Crippen MR) is 82.1 cm³/mol. The van der Waals surface area contributed by atoms with Crippen LogP contribution in [-0.4, -0.2) is 53.4 Å². The lowest BCUT2D eigenvalue weighted by Crippen LogP contribution is -2.55. The van der Waals surface area contributed by atoms with Crippen LogP contribution in [0.1, 0.15) is 31.0 Å². The summed E-state index contributed by atoms with van der Waals surface area (Å²) in [6.07, 6.45) is 2.71. The Balaban J connectivity index is 1.91. The molecule has 2 atom stereocenters. The molecule has 20 heavy (non-hydrogen) atoms. The van der Waals surface area contributed by atoms with Crippen LogP contribution in [-0.2, 0) is 13.6 Å². The Kier molecular flexibility index (Phi) is 3.73. The Morgan fingerprint density at radius 1 is 1.35 bits per heavy atom. The monoisotopic (exact) mass is 277 g/mol. The minimum atomic E-state index is 0.565. The standard InChI is InChI=1S/C15H27N5/c1-11-9-19-7-5-6-13(19)10-20(11)15-14(8-16-3)12(2)17-18(15)4/h11,13,16H,5-10H2,1-4H3. The first kappa shape index (κ1) is 13.9. The molecule has 2 saturated heterocycles. The molecule has 0 saturated carbocycles. The van der Waals surface area contributed by atoms with Crippen molar-refractivity contribution in [3.8, 4) is 0 Å². The van der Waals surface area contributed by atoms with E-state index >= 15 is 0 Å². The van der Waals surface area contributed by atoms with Crippen LogP contribution >= 0.6 is 0 Å². The van der Waals surface area contributed by atoms with Crippen LogP contribution in [0.25, 0.3) is 0 Å². The van der Waals surface area contributed by atoms with Gasteiger partial charge in [0.05, 0.1) is 5.69 Å². The van der Waals surface area contributed by atoms with E-state index in [9.17, 15) is 0 Å². The van der Waals surface area contributed by atoms with Crippen LogP contribution in [0.5, 0.6) is 0 Å². The highest BCUT2D eigenvalue weighted by Crippen LogP contribution is 2.31. The largest absolute Gasteiger partial charge is 0.351 e. The van der Waals surface area contributed by atoms with Gasteiger partial charge in [0.1, 0.15) is 5.82 Å². The second-order valence-corrected chi connectivity index (χ2v) is 6.33. The molecule has 112 valence electrons. The summed E-state index contributed by atoms with van der Waals surface area (Å²) in [7, 11) is 4.09. The van der Waals surface area contributed by atoms with Crippen LogP contribution < -0.4 is 10.2 Å². The highest BCUT2D eigenvalue weighted by atomic mass is 15.4. The molecule has 0 aromatic carbocycles. The highest BCUT2D eigenvalue weighted by Gasteiger charge is 2.36. The van der Waals surface area contributed by atoms with E-state index in [0.29, 0.717) is 6.04 Å². The van der Waals surface area contributed by atoms with Gasteiger partial charge in [-0.2, -0.15) is 5.10 Å². The summed E-state index contributed by atoms with van der Waals surface area (Å²) >= 11 is 0. The number of fused-ring (bicyclic) bond motifs is 1. The average molecular weight is 277 g/mol. The van der Waals surface area contributed by atoms with Gasteiger partial charge in [-0.05, 0) is 40.3 Å². The van der Waals surface area contributed by atoms with Crippen molar-refractivity contribution in [3.63, 3.8) is 0 Å². The maximum absolute atomic E-state index is 4.65. The molecule has 0 aliphatic carbocycles. The molecule has 1 aromatic rings. The molecule has 1 aromatic heterocycles. The van der Waals surface area contributed by atoms with Gasteiger partial charge < -0.3 is 10.2 Å². The van der Waals surface area contributed by atoms with E-state index in [2.05, 4.69) is 45.8 Å². The molecule has 1 N–H and O–H groups in total. The van der Waals surface area contributed by atoms with Gasteiger partial charge in [-0.1, -0.05) is 0 Å². The molecule has 0 radical (unpaired) electrons. The zero-order chi connectivity index (χ0) is 14.3. The van der Waals surface area contributed by atoms with E-state index in [1.54, 1.807) is 0 Å². The minimum absolute atomic E-state index is 0.565. The van der Waals surface area contributed by atoms with Crippen molar-refractivity contribution in [2.75, 3.05) is 31.6 Å². The summed E-state index contributed by atoms with van der Waals surface area (Å²) < 4.78 is 2.07. The summed E-state index contributed by atoms with van der Waals surface area (Å²) in [6.45, 7) is 8.99. The molecular formula is C15H27N5. The Hall–Kier alpha value is -1.07. The SMILES string of the molecule is CNCc1c(C)nn(C)c1N1CC2CCCN2CC1C. The summed E-state index contributed by atoms with van der Waals surface area (Å²) in [6, 6.07) is 1.30. The normalized spacial score (nSPS) is 27.1. The first-order chi connectivity index (χ1) is 9.61. The molecule has 2 aliphatic heterocycles. The third-order valence-corrected chi connectivity index (χ3v) is 4.88. The Bertz CT molecular complexity index is 481. The van der Waals surface area contributed by atoms with E-state index in [4.69, 9.17) is 0 Å². The van der Waals surface area contributed by atoms with E-state index < -0.39 is 0 Å². The number of anilines is 1. The van der Waals surface area contributed by atoms with Crippen LogP contribution in [0.3, 0.4) is 0 Å². The van der Waals surface area contributed by atoms with Gasteiger partial charge in [0.2, 0.25) is 0 Å². The fraction of sp³-hybridized carbons (Fsp3) is 0.800. The number of piperazine rings is 1. The number of nitrogens with zero attached hydrogens (tertiary/aromatic N) is 4. The summed E-state index contributed by atoms with van der Waals surface area (Å²) in [5, 5.41) is 7.93. The molecular weight excluding hydrogens is 250 g/mol. The first-order valence-electron chi connectivity index (χ1n) is 7.79. The van der Waals surface area contributed by atoms with Crippen molar-refractivity contribution >= 4 is 5.82 Å². The maximum atomic E-state index is 4.65. The molecule has 3 rings (SSSR count). The van der Waals surface area contributed by atoms with E-state index in [1.807, 2.05) is 7.05 Å². The van der Waals surface area contributed by atoms with Crippen molar-refractivity contribution in [1.82, 2.24) is 20.0 Å². The van der Waals surface area contributed by atoms with Crippen molar-refractivity contribution in [2.45, 2.75) is 45.3 Å². The van der Waals surface area contributed by atoms with Crippen LogP contribution in [0.4, 0.5) is 5.82 Å². The fourth-order valence-electron chi connectivity index (χ4n) is 3.92. The molecule has 2 unspecified atom stereocenters. The number of aromatic nitrogens is 2. The molecule has 5 nitrogen and oxygen atoms in total. The number of hydrogen-bond donors (Lipinski definition) is 1. The molecule has 5 heteroatoms. The van der Waals surface area contributed by atoms with E-state index in [-0.39, 0.29) is 0 Å². The number of nitrogens with one attached hydrogen (secondary N) is 1. The van der Waals surface area contributed by atoms with Gasteiger partial charge in [0, 0.05) is 44.3 Å². The molecule has 2 fully saturated rings. The predicted octanol–water partition coefficient (Wildman–Crippen LogP) is 1.12. The zero-order valence-electron chi connectivity index (χ0n) is 13.2. The molecule has 0 bridgehead atoms. The van der Waals surface area contributed by atoms with Gasteiger partial charge in [-0.25, -0.2) is 0 Å². The lowest BCUT2D eigenvalue weighted by molar-refractivity contribution is 0.201. The van der Waals surface area contributed by atoms with E-state index in [1.165, 1.54) is 37.3 Å². The molecule has 3 heterocycles. The van der Waals surface area contributed by atoms with Crippen LogP contribution in [0.15, 0.2) is 0 Å². The van der Waals surface area contributed by atoms with Crippen molar-refractivity contribution < 1.29 is 0 Å². The van der Waals surface area contributed by atoms with Crippen molar-refractivity contribution in [2.24, 2.45) is 7.05 Å². The second kappa shape index (κ2) is 5.37. The van der Waals surface area contributed by atoms with Gasteiger partial charge in [-0.3, -0.25) is 9.58 Å². The molecule has 0 spiro atoms. The van der Waals surface area contributed by atoms with Crippen molar-refractivity contribution in [1.29, 1.82) is 0 Å². The summed E-state index contributed by atoms with van der Waals surface area (Å²) in [5.74, 6) is 1.32. The third-order valence-electron chi connectivity index (χ3n) is 4.88.